The van der Waals surface area contributed by atoms with Gasteiger partial charge in [-0.15, -0.1) is 0 Å². The first-order valence-corrected chi connectivity index (χ1v) is 11.1. The van der Waals surface area contributed by atoms with Gasteiger partial charge < -0.3 is 20.1 Å². The van der Waals surface area contributed by atoms with E-state index < -0.39 is 0 Å². The van der Waals surface area contributed by atoms with Crippen LogP contribution in [0.3, 0.4) is 0 Å². The van der Waals surface area contributed by atoms with Crippen LogP contribution in [-0.2, 0) is 7.05 Å². The molecule has 0 bridgehead atoms. The van der Waals surface area contributed by atoms with Crippen LogP contribution in [0.5, 0.6) is 0 Å². The molecule has 9 heteroatoms. The summed E-state index contributed by atoms with van der Waals surface area (Å²) >= 11 is 6.39. The van der Waals surface area contributed by atoms with Crippen LogP contribution in [0.4, 0.5) is 23.3 Å². The molecular weight excluding hydrogens is 424 g/mol. The first-order valence-electron chi connectivity index (χ1n) is 10.7. The van der Waals surface area contributed by atoms with E-state index in [2.05, 4.69) is 54.5 Å². The van der Waals surface area contributed by atoms with E-state index in [1.54, 1.807) is 12.5 Å². The summed E-state index contributed by atoms with van der Waals surface area (Å²) in [5.41, 5.74) is 4.04. The molecule has 1 saturated heterocycles. The number of nitrogens with zero attached hydrogens (tertiary/aromatic N) is 6. The third-order valence-electron chi connectivity index (χ3n) is 5.78. The Bertz CT molecular complexity index is 1230. The molecule has 0 unspecified atom stereocenters. The van der Waals surface area contributed by atoms with Crippen molar-refractivity contribution < 1.29 is 0 Å². The monoisotopic (exact) mass is 448 g/mol. The van der Waals surface area contributed by atoms with E-state index in [0.717, 1.165) is 48.5 Å². The number of hydrogen-bond acceptors (Lipinski definition) is 7. The summed E-state index contributed by atoms with van der Waals surface area (Å²) < 4.78 is 1.99. The standard InChI is InChI=1S/C23H25ClN8/c1-15-3-6-21(25-12-15)32-9-7-16(8-10-32)28-22-18(24)13-26-23(30-22)29-17-4-5-20-19(11-17)27-14-31(20)2/h3-6,11-14,16H,7-10H2,1-2H3,(H2,26,28,29,30). The Labute approximate surface area is 191 Å². The second-order valence-electron chi connectivity index (χ2n) is 8.17. The second kappa shape index (κ2) is 8.63. The van der Waals surface area contributed by atoms with Crippen LogP contribution in [-0.4, -0.2) is 43.6 Å². The minimum atomic E-state index is 0.293. The van der Waals surface area contributed by atoms with Crippen LogP contribution in [0.15, 0.2) is 49.1 Å². The molecule has 3 aromatic heterocycles. The molecule has 1 aliphatic rings. The summed E-state index contributed by atoms with van der Waals surface area (Å²) in [7, 11) is 1.98. The summed E-state index contributed by atoms with van der Waals surface area (Å²) in [5.74, 6) is 2.17. The van der Waals surface area contributed by atoms with Crippen molar-refractivity contribution in [2.24, 2.45) is 7.05 Å². The van der Waals surface area contributed by atoms with Crippen molar-refractivity contribution in [3.8, 4) is 0 Å². The Balaban J connectivity index is 1.24. The quantitative estimate of drug-likeness (QED) is 0.463. The van der Waals surface area contributed by atoms with Crippen molar-refractivity contribution in [2.45, 2.75) is 25.8 Å². The van der Waals surface area contributed by atoms with Crippen LogP contribution in [0, 0.1) is 6.92 Å². The maximum Gasteiger partial charge on any atom is 0.229 e. The van der Waals surface area contributed by atoms with E-state index in [0.29, 0.717) is 22.8 Å². The molecule has 0 amide bonds. The molecule has 0 spiro atoms. The average molecular weight is 449 g/mol. The number of halogens is 1. The lowest BCUT2D eigenvalue weighted by Crippen LogP contribution is -2.39. The molecule has 1 aliphatic heterocycles. The van der Waals surface area contributed by atoms with Gasteiger partial charge in [0.15, 0.2) is 5.82 Å². The molecule has 5 rings (SSSR count). The lowest BCUT2D eigenvalue weighted by molar-refractivity contribution is 0.522. The minimum Gasteiger partial charge on any atom is -0.366 e. The number of aromatic nitrogens is 5. The minimum absolute atomic E-state index is 0.293. The second-order valence-corrected chi connectivity index (χ2v) is 8.58. The Morgan fingerprint density at radius 2 is 1.88 bits per heavy atom. The number of aryl methyl sites for hydroxylation is 2. The molecule has 1 aromatic carbocycles. The Morgan fingerprint density at radius 1 is 1.03 bits per heavy atom. The molecular formula is C23H25ClN8. The molecule has 2 N–H and O–H groups in total. The molecule has 1 fully saturated rings. The molecule has 32 heavy (non-hydrogen) atoms. The van der Waals surface area contributed by atoms with E-state index in [4.69, 9.17) is 11.6 Å². The third kappa shape index (κ3) is 4.31. The molecule has 0 radical (unpaired) electrons. The van der Waals surface area contributed by atoms with Crippen molar-refractivity contribution in [2.75, 3.05) is 28.6 Å². The molecule has 0 aliphatic carbocycles. The number of hydrogen-bond donors (Lipinski definition) is 2. The van der Waals surface area contributed by atoms with Crippen LogP contribution < -0.4 is 15.5 Å². The maximum absolute atomic E-state index is 6.39. The van der Waals surface area contributed by atoms with Gasteiger partial charge in [-0.05, 0) is 49.6 Å². The normalized spacial score (nSPS) is 14.7. The zero-order chi connectivity index (χ0) is 22.1. The van der Waals surface area contributed by atoms with E-state index in [-0.39, 0.29) is 0 Å². The van der Waals surface area contributed by atoms with Crippen molar-refractivity contribution in [1.29, 1.82) is 0 Å². The number of nitrogens with one attached hydrogen (secondary N) is 2. The van der Waals surface area contributed by atoms with Gasteiger partial charge in [0.05, 0.1) is 23.6 Å². The Kier molecular flexibility index (Phi) is 5.53. The fourth-order valence-electron chi connectivity index (χ4n) is 3.96. The van der Waals surface area contributed by atoms with E-state index >= 15 is 0 Å². The highest BCUT2D eigenvalue weighted by Crippen LogP contribution is 2.26. The van der Waals surface area contributed by atoms with Crippen molar-refractivity contribution in [3.05, 3.63) is 59.6 Å². The predicted molar refractivity (Wildman–Crippen MR) is 129 cm³/mol. The number of pyridine rings is 1. The summed E-state index contributed by atoms with van der Waals surface area (Å²) in [6.45, 7) is 3.93. The first kappa shape index (κ1) is 20.5. The molecule has 4 aromatic rings. The lowest BCUT2D eigenvalue weighted by Gasteiger charge is -2.33. The van der Waals surface area contributed by atoms with Crippen LogP contribution in [0.1, 0.15) is 18.4 Å². The van der Waals surface area contributed by atoms with Crippen LogP contribution in [0.2, 0.25) is 5.02 Å². The average Bonchev–Trinajstić information content (AvgIpc) is 3.17. The van der Waals surface area contributed by atoms with Crippen molar-refractivity contribution in [1.82, 2.24) is 24.5 Å². The van der Waals surface area contributed by atoms with Gasteiger partial charge in [-0.3, -0.25) is 0 Å². The smallest absolute Gasteiger partial charge is 0.229 e. The highest BCUT2D eigenvalue weighted by molar-refractivity contribution is 6.32. The number of piperidine rings is 1. The highest BCUT2D eigenvalue weighted by atomic mass is 35.5. The van der Waals surface area contributed by atoms with Crippen molar-refractivity contribution >= 4 is 45.9 Å². The zero-order valence-corrected chi connectivity index (χ0v) is 18.8. The summed E-state index contributed by atoms with van der Waals surface area (Å²) in [6.07, 6.45) is 7.31. The van der Waals surface area contributed by atoms with E-state index in [9.17, 15) is 0 Å². The lowest BCUT2D eigenvalue weighted by atomic mass is 10.0. The van der Waals surface area contributed by atoms with Gasteiger partial charge in [-0.1, -0.05) is 17.7 Å². The largest absolute Gasteiger partial charge is 0.366 e. The Hall–Kier alpha value is -3.39. The molecule has 4 heterocycles. The van der Waals surface area contributed by atoms with Gasteiger partial charge in [-0.2, -0.15) is 4.98 Å². The van der Waals surface area contributed by atoms with Gasteiger partial charge in [0.25, 0.3) is 0 Å². The van der Waals surface area contributed by atoms with Gasteiger partial charge in [-0.25, -0.2) is 15.0 Å². The fourth-order valence-corrected chi connectivity index (χ4v) is 4.11. The third-order valence-corrected chi connectivity index (χ3v) is 6.06. The summed E-state index contributed by atoms with van der Waals surface area (Å²) in [6, 6.07) is 10.5. The van der Waals surface area contributed by atoms with Gasteiger partial charge >= 0.3 is 0 Å². The number of fused-ring (bicyclic) bond motifs is 1. The summed E-state index contributed by atoms with van der Waals surface area (Å²) in [4.78, 5) is 20.2. The number of benzene rings is 1. The van der Waals surface area contributed by atoms with Gasteiger partial charge in [0.1, 0.15) is 10.8 Å². The first-order chi connectivity index (χ1) is 15.5. The predicted octanol–water partition coefficient (Wildman–Crippen LogP) is 4.54. The molecule has 0 saturated carbocycles. The van der Waals surface area contributed by atoms with E-state index in [1.165, 1.54) is 5.56 Å². The topological polar surface area (TPSA) is 83.8 Å². The summed E-state index contributed by atoms with van der Waals surface area (Å²) in [5, 5.41) is 7.27. The Morgan fingerprint density at radius 3 is 2.66 bits per heavy atom. The number of rotatable bonds is 5. The SMILES string of the molecule is Cc1ccc(N2CCC(Nc3nc(Nc4ccc5c(c4)ncn5C)ncc3Cl)CC2)nc1. The fraction of sp³-hybridized carbons (Fsp3) is 0.304. The van der Waals surface area contributed by atoms with E-state index in [1.807, 2.05) is 36.0 Å². The van der Waals surface area contributed by atoms with Crippen molar-refractivity contribution in [3.63, 3.8) is 0 Å². The molecule has 8 nitrogen and oxygen atoms in total. The van der Waals surface area contributed by atoms with Gasteiger partial charge in [0.2, 0.25) is 5.95 Å². The zero-order valence-electron chi connectivity index (χ0n) is 18.1. The maximum atomic E-state index is 6.39. The number of imidazole rings is 1. The van der Waals surface area contributed by atoms with Gasteiger partial charge in [0, 0.05) is 38.1 Å². The highest BCUT2D eigenvalue weighted by Gasteiger charge is 2.21. The van der Waals surface area contributed by atoms with Crippen LogP contribution >= 0.6 is 11.6 Å². The molecule has 0 atom stereocenters. The molecule has 164 valence electrons. The van der Waals surface area contributed by atoms with Crippen LogP contribution in [0.25, 0.3) is 11.0 Å². The number of anilines is 4.